The number of carbonyl (C=O) groups excluding carboxylic acids is 1. The molecule has 0 spiro atoms. The summed E-state index contributed by atoms with van der Waals surface area (Å²) >= 11 is 0. The summed E-state index contributed by atoms with van der Waals surface area (Å²) in [4.78, 5) is 11.6. The summed E-state index contributed by atoms with van der Waals surface area (Å²) in [6.45, 7) is 1.84. The lowest BCUT2D eigenvalue weighted by Crippen LogP contribution is -2.14. The smallest absolute Gasteiger partial charge is 0.224 e. The molecule has 0 aliphatic rings. The van der Waals surface area contributed by atoms with Crippen LogP contribution in [0.3, 0.4) is 0 Å². The van der Waals surface area contributed by atoms with Crippen molar-refractivity contribution in [3.63, 3.8) is 0 Å². The molecule has 0 aromatic heterocycles. The fraction of sp³-hybridized carbons (Fsp3) is 0.417. The van der Waals surface area contributed by atoms with Crippen LogP contribution < -0.4 is 11.1 Å². The van der Waals surface area contributed by atoms with Gasteiger partial charge < -0.3 is 11.1 Å². The number of amides is 1. The van der Waals surface area contributed by atoms with Gasteiger partial charge in [0.05, 0.1) is 11.4 Å². The summed E-state index contributed by atoms with van der Waals surface area (Å²) in [5.74, 6) is 0.472. The molecule has 0 aliphatic heterocycles. The second-order valence-electron chi connectivity index (χ2n) is 3.82. The summed E-state index contributed by atoms with van der Waals surface area (Å²) in [6.07, 6.45) is 0.843. The highest BCUT2D eigenvalue weighted by molar-refractivity contribution is 7.84. The second-order valence-corrected chi connectivity index (χ2v) is 5.68. The number of hydrogen-bond donors (Lipinski definition) is 2. The quantitative estimate of drug-likeness (QED) is 0.777. The molecule has 0 radical (unpaired) electrons. The van der Waals surface area contributed by atoms with Gasteiger partial charge in [-0.05, 0) is 24.6 Å². The van der Waals surface area contributed by atoms with Gasteiger partial charge in [-0.15, -0.1) is 0 Å². The van der Waals surface area contributed by atoms with E-state index in [2.05, 4.69) is 5.32 Å². The Morgan fingerprint density at radius 2 is 2.22 bits per heavy atom. The third-order valence-electron chi connectivity index (χ3n) is 2.39. The molecule has 1 amide bonds. The molecule has 0 aliphatic carbocycles. The highest BCUT2D eigenvalue weighted by atomic mass is 32.2. The van der Waals surface area contributed by atoms with Gasteiger partial charge in [0.25, 0.3) is 0 Å². The van der Waals surface area contributed by atoms with Crippen LogP contribution in [-0.2, 0) is 15.6 Å². The van der Waals surface area contributed by atoms with E-state index < -0.39 is 16.6 Å². The predicted octanol–water partition coefficient (Wildman–Crippen LogP) is 1.90. The molecule has 1 rings (SSSR count). The first-order chi connectivity index (χ1) is 8.52. The molecule has 4 nitrogen and oxygen atoms in total. The molecular formula is C12H17FN2O2S. The van der Waals surface area contributed by atoms with Crippen molar-refractivity contribution in [1.29, 1.82) is 0 Å². The molecule has 18 heavy (non-hydrogen) atoms. The van der Waals surface area contributed by atoms with Gasteiger partial charge in [0.2, 0.25) is 5.91 Å². The first-order valence-corrected chi connectivity index (χ1v) is 7.21. The minimum Gasteiger partial charge on any atom is -0.397 e. The van der Waals surface area contributed by atoms with Gasteiger partial charge in [0, 0.05) is 28.7 Å². The van der Waals surface area contributed by atoms with Gasteiger partial charge >= 0.3 is 0 Å². The second kappa shape index (κ2) is 7.10. The molecule has 1 aromatic carbocycles. The summed E-state index contributed by atoms with van der Waals surface area (Å²) in [5, 5.41) is 2.60. The number of rotatable bonds is 6. The van der Waals surface area contributed by atoms with E-state index in [1.807, 2.05) is 6.92 Å². The Kier molecular flexibility index (Phi) is 5.77. The molecule has 1 unspecified atom stereocenters. The SMILES string of the molecule is CCS(=O)CCCC(=O)Nc1ccc(F)cc1N. The van der Waals surface area contributed by atoms with Crippen molar-refractivity contribution < 1.29 is 13.4 Å². The Bertz CT molecular complexity index is 452. The molecule has 100 valence electrons. The first-order valence-electron chi connectivity index (χ1n) is 5.72. The van der Waals surface area contributed by atoms with Gasteiger partial charge in [-0.1, -0.05) is 6.92 Å². The number of nitrogens with two attached hydrogens (primary N) is 1. The number of anilines is 2. The number of nitrogens with one attached hydrogen (secondary N) is 1. The van der Waals surface area contributed by atoms with Crippen molar-refractivity contribution in [1.82, 2.24) is 0 Å². The van der Waals surface area contributed by atoms with Crippen LogP contribution in [0, 0.1) is 5.82 Å². The minimum absolute atomic E-state index is 0.195. The number of halogens is 1. The molecule has 1 aromatic rings. The highest BCUT2D eigenvalue weighted by Gasteiger charge is 2.06. The maximum absolute atomic E-state index is 12.8. The van der Waals surface area contributed by atoms with Gasteiger partial charge in [-0.2, -0.15) is 0 Å². The topological polar surface area (TPSA) is 72.2 Å². The number of benzene rings is 1. The summed E-state index contributed by atoms with van der Waals surface area (Å²) < 4.78 is 23.9. The Labute approximate surface area is 108 Å². The Balaban J connectivity index is 2.42. The van der Waals surface area contributed by atoms with E-state index in [1.165, 1.54) is 12.1 Å². The Morgan fingerprint density at radius 1 is 1.50 bits per heavy atom. The van der Waals surface area contributed by atoms with Crippen LogP contribution in [0.4, 0.5) is 15.8 Å². The molecule has 0 fully saturated rings. The van der Waals surface area contributed by atoms with Gasteiger partial charge in [-0.25, -0.2) is 4.39 Å². The summed E-state index contributed by atoms with van der Waals surface area (Å²) in [5.41, 5.74) is 6.16. The molecule has 1 atom stereocenters. The maximum atomic E-state index is 12.8. The lowest BCUT2D eigenvalue weighted by Gasteiger charge is -2.07. The first kappa shape index (κ1) is 14.6. The lowest BCUT2D eigenvalue weighted by atomic mass is 10.2. The van der Waals surface area contributed by atoms with Gasteiger partial charge in [0.15, 0.2) is 0 Å². The molecule has 6 heteroatoms. The maximum Gasteiger partial charge on any atom is 0.224 e. The third kappa shape index (κ3) is 4.83. The zero-order valence-corrected chi connectivity index (χ0v) is 11.1. The van der Waals surface area contributed by atoms with Crippen LogP contribution in [-0.4, -0.2) is 21.6 Å². The average molecular weight is 272 g/mol. The van der Waals surface area contributed by atoms with Crippen LogP contribution >= 0.6 is 0 Å². The monoisotopic (exact) mass is 272 g/mol. The normalized spacial score (nSPS) is 12.1. The number of carbonyl (C=O) groups is 1. The van der Waals surface area contributed by atoms with Crippen LogP contribution in [0.5, 0.6) is 0 Å². The van der Waals surface area contributed by atoms with Gasteiger partial charge in [-0.3, -0.25) is 9.00 Å². The van der Waals surface area contributed by atoms with E-state index in [4.69, 9.17) is 5.73 Å². The average Bonchev–Trinajstić information content (AvgIpc) is 2.32. The van der Waals surface area contributed by atoms with E-state index in [9.17, 15) is 13.4 Å². The zero-order chi connectivity index (χ0) is 13.5. The van der Waals surface area contributed by atoms with Gasteiger partial charge in [0.1, 0.15) is 5.82 Å². The largest absolute Gasteiger partial charge is 0.397 e. The fourth-order valence-electron chi connectivity index (χ4n) is 1.40. The van der Waals surface area contributed by atoms with Crippen molar-refractivity contribution in [3.05, 3.63) is 24.0 Å². The number of hydrogen-bond acceptors (Lipinski definition) is 3. The minimum atomic E-state index is -0.852. The van der Waals surface area contributed by atoms with E-state index in [1.54, 1.807) is 0 Å². The summed E-state index contributed by atoms with van der Waals surface area (Å²) in [7, 11) is -0.852. The fourth-order valence-corrected chi connectivity index (χ4v) is 2.15. The van der Waals surface area contributed by atoms with E-state index >= 15 is 0 Å². The standard InChI is InChI=1S/C12H17FN2O2S/c1-2-18(17)7-3-4-12(16)15-11-6-5-9(13)8-10(11)14/h5-6,8H,2-4,7,14H2,1H3,(H,15,16). The summed E-state index contributed by atoms with van der Waals surface area (Å²) in [6, 6.07) is 3.81. The van der Waals surface area contributed by atoms with Crippen LogP contribution in [0.25, 0.3) is 0 Å². The van der Waals surface area contributed by atoms with Crippen molar-refractivity contribution >= 4 is 28.1 Å². The van der Waals surface area contributed by atoms with E-state index in [0.29, 0.717) is 23.6 Å². The molecular weight excluding hydrogens is 255 g/mol. The zero-order valence-electron chi connectivity index (χ0n) is 10.2. The van der Waals surface area contributed by atoms with Crippen LogP contribution in [0.1, 0.15) is 19.8 Å². The van der Waals surface area contributed by atoms with Crippen molar-refractivity contribution in [2.75, 3.05) is 22.6 Å². The Morgan fingerprint density at radius 3 is 2.83 bits per heavy atom. The Hall–Kier alpha value is -1.43. The molecule has 0 saturated carbocycles. The molecule has 3 N–H and O–H groups in total. The molecule has 0 bridgehead atoms. The predicted molar refractivity (Wildman–Crippen MR) is 72.2 cm³/mol. The van der Waals surface area contributed by atoms with E-state index in [-0.39, 0.29) is 18.0 Å². The van der Waals surface area contributed by atoms with Crippen LogP contribution in [0.2, 0.25) is 0 Å². The van der Waals surface area contributed by atoms with Crippen LogP contribution in [0.15, 0.2) is 18.2 Å². The van der Waals surface area contributed by atoms with Crippen molar-refractivity contribution in [3.8, 4) is 0 Å². The molecule has 0 saturated heterocycles. The van der Waals surface area contributed by atoms with Crippen molar-refractivity contribution in [2.45, 2.75) is 19.8 Å². The van der Waals surface area contributed by atoms with E-state index in [0.717, 1.165) is 6.07 Å². The lowest BCUT2D eigenvalue weighted by molar-refractivity contribution is -0.116. The third-order valence-corrected chi connectivity index (χ3v) is 3.77. The molecule has 0 heterocycles. The number of nitrogen functional groups attached to an aromatic ring is 1. The van der Waals surface area contributed by atoms with Crippen molar-refractivity contribution in [2.24, 2.45) is 0 Å². The highest BCUT2D eigenvalue weighted by Crippen LogP contribution is 2.19.